The van der Waals surface area contributed by atoms with Crippen LogP contribution in [0.3, 0.4) is 0 Å². The van der Waals surface area contributed by atoms with E-state index in [1.165, 1.54) is 10.3 Å². The lowest BCUT2D eigenvalue weighted by Gasteiger charge is -2.31. The van der Waals surface area contributed by atoms with Gasteiger partial charge < -0.3 is 10.2 Å². The standard InChI is InChI=1S/C20H22N4OS/c1-14-7-8-17-18(11-14)26-20(23-17)24-10-4-5-15(13-24)19(25)22-12-16-6-2-3-9-21-16/h2-3,6-9,11,15H,4-5,10,12-13H2,1H3,(H,22,25). The monoisotopic (exact) mass is 366 g/mol. The fourth-order valence-electron chi connectivity index (χ4n) is 3.34. The molecule has 1 atom stereocenters. The number of carbonyl (C=O) groups is 1. The molecule has 4 rings (SSSR count). The Balaban J connectivity index is 1.42. The van der Waals surface area contributed by atoms with E-state index in [2.05, 4.69) is 40.3 Å². The number of hydrogen-bond acceptors (Lipinski definition) is 5. The summed E-state index contributed by atoms with van der Waals surface area (Å²) in [5.74, 6) is 0.110. The second kappa shape index (κ2) is 7.41. The minimum atomic E-state index is 0.00112. The maximum atomic E-state index is 12.6. The number of thiazole rings is 1. The van der Waals surface area contributed by atoms with Gasteiger partial charge in [0.25, 0.3) is 0 Å². The lowest BCUT2D eigenvalue weighted by Crippen LogP contribution is -2.43. The molecule has 0 saturated carbocycles. The summed E-state index contributed by atoms with van der Waals surface area (Å²) in [4.78, 5) is 23.9. The van der Waals surface area contributed by atoms with Crippen LogP contribution in [0.4, 0.5) is 5.13 Å². The van der Waals surface area contributed by atoms with Crippen LogP contribution in [0.2, 0.25) is 0 Å². The molecule has 1 amide bonds. The molecule has 1 aliphatic heterocycles. The number of benzene rings is 1. The van der Waals surface area contributed by atoms with Crippen molar-refractivity contribution in [2.75, 3.05) is 18.0 Å². The molecular weight excluding hydrogens is 344 g/mol. The van der Waals surface area contributed by atoms with E-state index >= 15 is 0 Å². The molecule has 0 aliphatic carbocycles. The van der Waals surface area contributed by atoms with Gasteiger partial charge in [-0.3, -0.25) is 9.78 Å². The summed E-state index contributed by atoms with van der Waals surface area (Å²) in [7, 11) is 0. The Kier molecular flexibility index (Phi) is 4.84. The number of nitrogens with one attached hydrogen (secondary N) is 1. The molecule has 1 saturated heterocycles. The van der Waals surface area contributed by atoms with Gasteiger partial charge in [0.2, 0.25) is 5.91 Å². The lowest BCUT2D eigenvalue weighted by atomic mass is 9.97. The third-order valence-electron chi connectivity index (χ3n) is 4.77. The minimum Gasteiger partial charge on any atom is -0.350 e. The maximum Gasteiger partial charge on any atom is 0.225 e. The Morgan fingerprint density at radius 3 is 3.12 bits per heavy atom. The summed E-state index contributed by atoms with van der Waals surface area (Å²) in [6.45, 7) is 4.27. The Labute approximate surface area is 157 Å². The normalized spacial score (nSPS) is 17.4. The number of piperidine rings is 1. The second-order valence-corrected chi connectivity index (χ2v) is 7.80. The molecule has 26 heavy (non-hydrogen) atoms. The molecule has 3 aromatic rings. The number of aryl methyl sites for hydroxylation is 1. The van der Waals surface area contributed by atoms with Gasteiger partial charge in [-0.15, -0.1) is 0 Å². The molecule has 134 valence electrons. The van der Waals surface area contributed by atoms with Crippen LogP contribution in [0.25, 0.3) is 10.2 Å². The summed E-state index contributed by atoms with van der Waals surface area (Å²) in [6, 6.07) is 12.1. The fraction of sp³-hybridized carbons (Fsp3) is 0.350. The van der Waals surface area contributed by atoms with Crippen molar-refractivity contribution in [1.29, 1.82) is 0 Å². The third kappa shape index (κ3) is 3.70. The van der Waals surface area contributed by atoms with Crippen molar-refractivity contribution in [3.8, 4) is 0 Å². The summed E-state index contributed by atoms with van der Waals surface area (Å²) in [5, 5.41) is 4.05. The third-order valence-corrected chi connectivity index (χ3v) is 5.84. The first-order valence-corrected chi connectivity index (χ1v) is 9.80. The smallest absolute Gasteiger partial charge is 0.225 e. The number of nitrogens with zero attached hydrogens (tertiary/aromatic N) is 3. The number of rotatable bonds is 4. The van der Waals surface area contributed by atoms with Gasteiger partial charge in [-0.1, -0.05) is 23.5 Å². The van der Waals surface area contributed by atoms with Gasteiger partial charge in [0.15, 0.2) is 5.13 Å². The van der Waals surface area contributed by atoms with E-state index in [9.17, 15) is 4.79 Å². The second-order valence-electron chi connectivity index (χ2n) is 6.79. The number of pyridine rings is 1. The number of carbonyl (C=O) groups excluding carboxylic acids is 1. The minimum absolute atomic E-state index is 0.00112. The van der Waals surface area contributed by atoms with Crippen molar-refractivity contribution in [3.63, 3.8) is 0 Å². The first kappa shape index (κ1) is 17.0. The highest BCUT2D eigenvalue weighted by Crippen LogP contribution is 2.32. The largest absolute Gasteiger partial charge is 0.350 e. The topological polar surface area (TPSA) is 58.1 Å². The van der Waals surface area contributed by atoms with Crippen LogP contribution >= 0.6 is 11.3 Å². The lowest BCUT2D eigenvalue weighted by molar-refractivity contribution is -0.125. The molecule has 0 bridgehead atoms. The van der Waals surface area contributed by atoms with Gasteiger partial charge >= 0.3 is 0 Å². The summed E-state index contributed by atoms with van der Waals surface area (Å²) in [5.41, 5.74) is 3.17. The summed E-state index contributed by atoms with van der Waals surface area (Å²) < 4.78 is 1.21. The van der Waals surface area contributed by atoms with Crippen molar-refractivity contribution >= 4 is 32.6 Å². The molecule has 0 radical (unpaired) electrons. The zero-order valence-corrected chi connectivity index (χ0v) is 15.6. The van der Waals surface area contributed by atoms with Crippen LogP contribution < -0.4 is 10.2 Å². The molecule has 5 nitrogen and oxygen atoms in total. The highest BCUT2D eigenvalue weighted by Gasteiger charge is 2.27. The highest BCUT2D eigenvalue weighted by molar-refractivity contribution is 7.22. The Morgan fingerprint density at radius 1 is 1.35 bits per heavy atom. The van der Waals surface area contributed by atoms with Crippen LogP contribution in [-0.2, 0) is 11.3 Å². The van der Waals surface area contributed by atoms with Gasteiger partial charge in [0.1, 0.15) is 0 Å². The zero-order valence-electron chi connectivity index (χ0n) is 14.8. The number of amides is 1. The SMILES string of the molecule is Cc1ccc2nc(N3CCCC(C(=O)NCc4ccccn4)C3)sc2c1. The molecule has 0 spiro atoms. The fourth-order valence-corrected chi connectivity index (χ4v) is 4.44. The van der Waals surface area contributed by atoms with E-state index in [0.29, 0.717) is 6.54 Å². The molecular formula is C20H22N4OS. The molecule has 1 aromatic carbocycles. The van der Waals surface area contributed by atoms with Crippen molar-refractivity contribution in [2.45, 2.75) is 26.3 Å². The van der Waals surface area contributed by atoms with Crippen LogP contribution in [0.5, 0.6) is 0 Å². The van der Waals surface area contributed by atoms with Gasteiger partial charge in [-0.05, 0) is 49.6 Å². The first-order chi connectivity index (χ1) is 12.7. The van der Waals surface area contributed by atoms with Gasteiger partial charge in [-0.25, -0.2) is 4.98 Å². The average Bonchev–Trinajstić information content (AvgIpc) is 3.10. The maximum absolute atomic E-state index is 12.6. The molecule has 2 aromatic heterocycles. The number of fused-ring (bicyclic) bond motifs is 1. The van der Waals surface area contributed by atoms with Crippen LogP contribution in [0.1, 0.15) is 24.1 Å². The van der Waals surface area contributed by atoms with Gasteiger partial charge in [0, 0.05) is 19.3 Å². The van der Waals surface area contributed by atoms with Crippen molar-refractivity contribution in [1.82, 2.24) is 15.3 Å². The van der Waals surface area contributed by atoms with Gasteiger partial charge in [-0.2, -0.15) is 0 Å². The number of hydrogen-bond donors (Lipinski definition) is 1. The Morgan fingerprint density at radius 2 is 2.27 bits per heavy atom. The zero-order chi connectivity index (χ0) is 17.9. The van der Waals surface area contributed by atoms with Crippen molar-refractivity contribution in [3.05, 3.63) is 53.9 Å². The van der Waals surface area contributed by atoms with Crippen LogP contribution in [0, 0.1) is 12.8 Å². The summed E-state index contributed by atoms with van der Waals surface area (Å²) >= 11 is 1.72. The average molecular weight is 366 g/mol. The van der Waals surface area contributed by atoms with Crippen molar-refractivity contribution in [2.24, 2.45) is 5.92 Å². The van der Waals surface area contributed by atoms with E-state index in [1.807, 2.05) is 18.2 Å². The van der Waals surface area contributed by atoms with E-state index < -0.39 is 0 Å². The molecule has 3 heterocycles. The molecule has 1 fully saturated rings. The predicted molar refractivity (Wildman–Crippen MR) is 105 cm³/mol. The van der Waals surface area contributed by atoms with Crippen LogP contribution in [0.15, 0.2) is 42.6 Å². The van der Waals surface area contributed by atoms with Crippen LogP contribution in [-0.4, -0.2) is 29.0 Å². The Bertz CT molecular complexity index is 909. The van der Waals surface area contributed by atoms with E-state index in [0.717, 1.165) is 42.3 Å². The molecule has 1 unspecified atom stereocenters. The molecule has 1 N–H and O–H groups in total. The number of anilines is 1. The highest BCUT2D eigenvalue weighted by atomic mass is 32.1. The quantitative estimate of drug-likeness (QED) is 0.767. The van der Waals surface area contributed by atoms with E-state index in [4.69, 9.17) is 4.98 Å². The molecule has 6 heteroatoms. The Hall–Kier alpha value is -2.47. The number of aromatic nitrogens is 2. The predicted octanol–water partition coefficient (Wildman–Crippen LogP) is 3.53. The summed E-state index contributed by atoms with van der Waals surface area (Å²) in [6.07, 6.45) is 3.68. The van der Waals surface area contributed by atoms with E-state index in [-0.39, 0.29) is 11.8 Å². The van der Waals surface area contributed by atoms with E-state index in [1.54, 1.807) is 17.5 Å². The first-order valence-electron chi connectivity index (χ1n) is 8.99. The molecule has 1 aliphatic rings. The van der Waals surface area contributed by atoms with Gasteiger partial charge in [0.05, 0.1) is 28.4 Å². The van der Waals surface area contributed by atoms with Crippen molar-refractivity contribution < 1.29 is 4.79 Å².